The summed E-state index contributed by atoms with van der Waals surface area (Å²) in [5.74, 6) is 1.32. The lowest BCUT2D eigenvalue weighted by molar-refractivity contribution is -0.121. The summed E-state index contributed by atoms with van der Waals surface area (Å²) in [6.07, 6.45) is 0.886. The monoisotopic (exact) mass is 379 g/mol. The zero-order valence-electron chi connectivity index (χ0n) is 15.1. The number of carbonyl (C=O) groups excluding carboxylic acids is 1. The normalized spacial score (nSPS) is 10.5. The second-order valence-electron chi connectivity index (χ2n) is 5.63. The molecule has 0 aromatic heterocycles. The van der Waals surface area contributed by atoms with Crippen molar-refractivity contribution in [3.05, 3.63) is 54.1 Å². The van der Waals surface area contributed by atoms with E-state index in [1.165, 1.54) is 12.1 Å². The molecule has 0 aliphatic carbocycles. The molecular weight excluding hydrogens is 356 g/mol. The zero-order chi connectivity index (χ0) is 19.5. The number of alkyl halides is 2. The van der Waals surface area contributed by atoms with Gasteiger partial charge in [-0.1, -0.05) is 24.3 Å². The van der Waals surface area contributed by atoms with Gasteiger partial charge in [-0.25, -0.2) is 0 Å². The van der Waals surface area contributed by atoms with E-state index in [1.54, 1.807) is 12.1 Å². The van der Waals surface area contributed by atoms with E-state index in [9.17, 15) is 13.6 Å². The molecule has 146 valence electrons. The highest BCUT2D eigenvalue weighted by Crippen LogP contribution is 2.26. The lowest BCUT2D eigenvalue weighted by Crippen LogP contribution is -2.23. The number of para-hydroxylation sites is 2. The summed E-state index contributed by atoms with van der Waals surface area (Å²) in [4.78, 5) is 11.9. The van der Waals surface area contributed by atoms with Crippen LogP contribution < -0.4 is 19.5 Å². The van der Waals surface area contributed by atoms with Gasteiger partial charge in [0.1, 0.15) is 5.75 Å². The number of hydrogen-bond acceptors (Lipinski definition) is 4. The average molecular weight is 379 g/mol. The van der Waals surface area contributed by atoms with Crippen molar-refractivity contribution in [2.45, 2.75) is 32.9 Å². The van der Waals surface area contributed by atoms with Crippen LogP contribution >= 0.6 is 0 Å². The lowest BCUT2D eigenvalue weighted by atomic mass is 10.2. The smallest absolute Gasteiger partial charge is 0.387 e. The van der Waals surface area contributed by atoms with Gasteiger partial charge in [0.25, 0.3) is 0 Å². The van der Waals surface area contributed by atoms with Crippen LogP contribution in [-0.4, -0.2) is 25.7 Å². The number of amides is 1. The van der Waals surface area contributed by atoms with Crippen molar-refractivity contribution in [2.24, 2.45) is 0 Å². The van der Waals surface area contributed by atoms with Gasteiger partial charge in [0, 0.05) is 13.0 Å². The Labute approximate surface area is 157 Å². The van der Waals surface area contributed by atoms with E-state index in [0.717, 1.165) is 5.56 Å². The molecule has 2 rings (SSSR count). The summed E-state index contributed by atoms with van der Waals surface area (Å²) < 4.78 is 39.6. The van der Waals surface area contributed by atoms with Crippen molar-refractivity contribution in [1.29, 1.82) is 0 Å². The van der Waals surface area contributed by atoms with Crippen LogP contribution in [0.25, 0.3) is 0 Å². The molecular formula is C20H23F2NO4. The molecule has 1 N–H and O–H groups in total. The highest BCUT2D eigenvalue weighted by Gasteiger charge is 2.06. The summed E-state index contributed by atoms with van der Waals surface area (Å²) in [6.45, 7) is 0.329. The second kappa shape index (κ2) is 11.0. The quantitative estimate of drug-likeness (QED) is 0.596. The summed E-state index contributed by atoms with van der Waals surface area (Å²) in [6, 6.07) is 13.5. The fourth-order valence-corrected chi connectivity index (χ4v) is 2.34. The number of benzene rings is 2. The maximum atomic E-state index is 12.1. The molecule has 0 unspecified atom stereocenters. The topological polar surface area (TPSA) is 56.8 Å². The number of nitrogens with one attached hydrogen (secondary N) is 1. The minimum atomic E-state index is -2.85. The predicted molar refractivity (Wildman–Crippen MR) is 97.3 cm³/mol. The van der Waals surface area contributed by atoms with Crippen molar-refractivity contribution >= 4 is 5.91 Å². The van der Waals surface area contributed by atoms with Gasteiger partial charge in [-0.3, -0.25) is 4.79 Å². The molecule has 0 saturated carbocycles. The number of halogens is 2. The number of hydrogen-bond donors (Lipinski definition) is 1. The zero-order valence-corrected chi connectivity index (χ0v) is 15.1. The third-order valence-corrected chi connectivity index (χ3v) is 3.59. The van der Waals surface area contributed by atoms with Crippen LogP contribution in [-0.2, 0) is 11.3 Å². The predicted octanol–water partition coefficient (Wildman–Crippen LogP) is 4.16. The first-order chi connectivity index (χ1) is 13.1. The molecule has 27 heavy (non-hydrogen) atoms. The van der Waals surface area contributed by atoms with Gasteiger partial charge < -0.3 is 19.5 Å². The molecule has 0 bridgehead atoms. The van der Waals surface area contributed by atoms with Crippen LogP contribution in [0.15, 0.2) is 48.5 Å². The molecule has 5 nitrogen and oxygen atoms in total. The molecule has 0 radical (unpaired) electrons. The fourth-order valence-electron chi connectivity index (χ4n) is 2.34. The molecule has 0 atom stereocenters. The Morgan fingerprint density at radius 3 is 2.33 bits per heavy atom. The van der Waals surface area contributed by atoms with E-state index in [-0.39, 0.29) is 11.7 Å². The van der Waals surface area contributed by atoms with E-state index < -0.39 is 6.61 Å². The van der Waals surface area contributed by atoms with Crippen LogP contribution in [0.5, 0.6) is 17.2 Å². The lowest BCUT2D eigenvalue weighted by Gasteiger charge is -2.11. The maximum Gasteiger partial charge on any atom is 0.387 e. The van der Waals surface area contributed by atoms with E-state index >= 15 is 0 Å². The van der Waals surface area contributed by atoms with Crippen LogP contribution in [0, 0.1) is 0 Å². The van der Waals surface area contributed by atoms with Gasteiger partial charge >= 0.3 is 6.61 Å². The van der Waals surface area contributed by atoms with Crippen LogP contribution in [0.3, 0.4) is 0 Å². The minimum absolute atomic E-state index is 0.0876. The Kier molecular flexibility index (Phi) is 8.35. The van der Waals surface area contributed by atoms with Crippen molar-refractivity contribution in [1.82, 2.24) is 5.32 Å². The first kappa shape index (κ1) is 20.5. The maximum absolute atomic E-state index is 12.1. The molecule has 0 spiro atoms. The van der Waals surface area contributed by atoms with Crippen LogP contribution in [0.4, 0.5) is 8.78 Å². The van der Waals surface area contributed by atoms with E-state index in [2.05, 4.69) is 10.1 Å². The number of rotatable bonds is 11. The molecule has 2 aromatic carbocycles. The SMILES string of the molecule is CCOc1ccccc1OCCCC(=O)NCc1ccc(OC(F)F)cc1. The number of carbonyl (C=O) groups is 1. The van der Waals surface area contributed by atoms with Gasteiger partial charge in [0.15, 0.2) is 11.5 Å². The van der Waals surface area contributed by atoms with Crippen molar-refractivity contribution in [3.8, 4) is 17.2 Å². The standard InChI is InChI=1S/C20H23F2NO4/c1-2-25-17-6-3-4-7-18(17)26-13-5-8-19(24)23-14-15-9-11-16(12-10-15)27-20(21)22/h3-4,6-7,9-12,20H,2,5,8,13-14H2,1H3,(H,23,24). The van der Waals surface area contributed by atoms with Crippen LogP contribution in [0.1, 0.15) is 25.3 Å². The Morgan fingerprint density at radius 1 is 1.04 bits per heavy atom. The molecule has 0 saturated heterocycles. The Bertz CT molecular complexity index is 707. The second-order valence-corrected chi connectivity index (χ2v) is 5.63. The van der Waals surface area contributed by atoms with Crippen molar-refractivity contribution < 1.29 is 27.8 Å². The van der Waals surface area contributed by atoms with Gasteiger partial charge in [-0.15, -0.1) is 0 Å². The van der Waals surface area contributed by atoms with Crippen molar-refractivity contribution in [3.63, 3.8) is 0 Å². The molecule has 0 aliphatic rings. The molecule has 7 heteroatoms. The fraction of sp³-hybridized carbons (Fsp3) is 0.350. The third-order valence-electron chi connectivity index (χ3n) is 3.59. The summed E-state index contributed by atoms with van der Waals surface area (Å²) in [5.41, 5.74) is 0.798. The summed E-state index contributed by atoms with van der Waals surface area (Å²) in [7, 11) is 0. The first-order valence-electron chi connectivity index (χ1n) is 8.73. The highest BCUT2D eigenvalue weighted by molar-refractivity contribution is 5.75. The molecule has 2 aromatic rings. The van der Waals surface area contributed by atoms with Crippen LogP contribution in [0.2, 0.25) is 0 Å². The first-order valence-corrected chi connectivity index (χ1v) is 8.73. The van der Waals surface area contributed by atoms with Gasteiger partial charge in [0.2, 0.25) is 5.91 Å². The summed E-state index contributed by atoms with van der Waals surface area (Å²) in [5, 5.41) is 2.78. The summed E-state index contributed by atoms with van der Waals surface area (Å²) >= 11 is 0. The highest BCUT2D eigenvalue weighted by atomic mass is 19.3. The Balaban J connectivity index is 1.66. The van der Waals surface area contributed by atoms with E-state index in [1.807, 2.05) is 31.2 Å². The molecule has 0 fully saturated rings. The van der Waals surface area contributed by atoms with Crippen molar-refractivity contribution in [2.75, 3.05) is 13.2 Å². The third kappa shape index (κ3) is 7.52. The van der Waals surface area contributed by atoms with E-state index in [4.69, 9.17) is 9.47 Å². The van der Waals surface area contributed by atoms with Gasteiger partial charge in [0.05, 0.1) is 13.2 Å². The molecule has 1 amide bonds. The minimum Gasteiger partial charge on any atom is -0.490 e. The molecule has 0 aliphatic heterocycles. The Morgan fingerprint density at radius 2 is 1.70 bits per heavy atom. The van der Waals surface area contributed by atoms with E-state index in [0.29, 0.717) is 44.1 Å². The Hall–Kier alpha value is -2.83. The van der Waals surface area contributed by atoms with Gasteiger partial charge in [-0.05, 0) is 43.2 Å². The molecule has 0 heterocycles. The van der Waals surface area contributed by atoms with Gasteiger partial charge in [-0.2, -0.15) is 8.78 Å². The average Bonchev–Trinajstić information content (AvgIpc) is 2.65. The number of ether oxygens (including phenoxy) is 3. The largest absolute Gasteiger partial charge is 0.490 e.